The van der Waals surface area contributed by atoms with E-state index < -0.39 is 10.0 Å². The summed E-state index contributed by atoms with van der Waals surface area (Å²) >= 11 is 4.56. The second kappa shape index (κ2) is 7.70. The number of hydrogen-bond donors (Lipinski definition) is 1. The molecule has 0 atom stereocenters. The summed E-state index contributed by atoms with van der Waals surface area (Å²) in [6, 6.07) is 1.67. The van der Waals surface area contributed by atoms with Crippen LogP contribution in [0.4, 0.5) is 0 Å². The van der Waals surface area contributed by atoms with Crippen LogP contribution in [0.2, 0.25) is 0 Å². The van der Waals surface area contributed by atoms with E-state index in [2.05, 4.69) is 20.7 Å². The van der Waals surface area contributed by atoms with Crippen LogP contribution >= 0.6 is 27.3 Å². The van der Waals surface area contributed by atoms with Gasteiger partial charge < -0.3 is 9.64 Å². The van der Waals surface area contributed by atoms with E-state index in [0.717, 1.165) is 15.9 Å². The third-order valence-corrected chi connectivity index (χ3v) is 6.63. The van der Waals surface area contributed by atoms with Gasteiger partial charge in [-0.3, -0.25) is 0 Å². The highest BCUT2D eigenvalue weighted by molar-refractivity contribution is 9.11. The van der Waals surface area contributed by atoms with E-state index in [9.17, 15) is 8.42 Å². The number of nitrogens with one attached hydrogen (secondary N) is 1. The maximum Gasteiger partial charge on any atom is 0.250 e. The number of nitrogens with zero attached hydrogens (tertiary/aromatic N) is 1. The second-order valence-corrected chi connectivity index (χ2v) is 8.58. The van der Waals surface area contributed by atoms with Gasteiger partial charge in [0.25, 0.3) is 0 Å². The van der Waals surface area contributed by atoms with Crippen molar-refractivity contribution in [3.05, 3.63) is 15.4 Å². The van der Waals surface area contributed by atoms with Crippen LogP contribution in [-0.4, -0.2) is 53.7 Å². The van der Waals surface area contributed by atoms with Crippen LogP contribution in [0.3, 0.4) is 0 Å². The van der Waals surface area contributed by atoms with Gasteiger partial charge in [0, 0.05) is 26.7 Å². The monoisotopic (exact) mass is 370 g/mol. The molecule has 5 nitrogen and oxygen atoms in total. The minimum atomic E-state index is -3.40. The van der Waals surface area contributed by atoms with Gasteiger partial charge in [0.15, 0.2) is 0 Å². The van der Waals surface area contributed by atoms with Gasteiger partial charge in [-0.05, 0) is 41.5 Å². The molecule has 0 aliphatic carbocycles. The number of hydrogen-bond acceptors (Lipinski definition) is 5. The predicted octanol–water partition coefficient (Wildman–Crippen LogP) is 1.68. The lowest BCUT2D eigenvalue weighted by atomic mass is 10.4. The molecule has 110 valence electrons. The standard InChI is InChI=1S/C11H19BrN2O3S2/c1-9-8-10(18-11(9)12)19(15,16)13-4-5-14(2)6-7-17-3/h8,13H,4-7H2,1-3H3. The third-order valence-electron chi connectivity index (χ3n) is 2.56. The Balaban J connectivity index is 2.48. The molecule has 0 unspecified atom stereocenters. The Morgan fingerprint density at radius 2 is 2.16 bits per heavy atom. The first kappa shape index (κ1) is 17.1. The molecule has 0 fully saturated rings. The van der Waals surface area contributed by atoms with Gasteiger partial charge in [-0.25, -0.2) is 13.1 Å². The van der Waals surface area contributed by atoms with Crippen LogP contribution in [0.25, 0.3) is 0 Å². The van der Waals surface area contributed by atoms with E-state index in [1.165, 1.54) is 11.3 Å². The van der Waals surface area contributed by atoms with Crippen molar-refractivity contribution in [2.45, 2.75) is 11.1 Å². The molecule has 0 radical (unpaired) electrons. The molecular formula is C11H19BrN2O3S2. The van der Waals surface area contributed by atoms with Crippen molar-refractivity contribution >= 4 is 37.3 Å². The topological polar surface area (TPSA) is 58.6 Å². The van der Waals surface area contributed by atoms with Crippen LogP contribution in [0.15, 0.2) is 14.1 Å². The van der Waals surface area contributed by atoms with E-state index in [1.807, 2.05) is 18.9 Å². The van der Waals surface area contributed by atoms with E-state index in [0.29, 0.717) is 23.9 Å². The predicted molar refractivity (Wildman–Crippen MR) is 81.3 cm³/mol. The van der Waals surface area contributed by atoms with Gasteiger partial charge in [-0.1, -0.05) is 0 Å². The van der Waals surface area contributed by atoms with Gasteiger partial charge in [0.05, 0.1) is 10.4 Å². The number of likely N-dealkylation sites (N-methyl/N-ethyl adjacent to an activating group) is 1. The lowest BCUT2D eigenvalue weighted by Gasteiger charge is -2.15. The fourth-order valence-corrected chi connectivity index (χ4v) is 4.66. The number of ether oxygens (including phenoxy) is 1. The van der Waals surface area contributed by atoms with Crippen molar-refractivity contribution in [2.24, 2.45) is 0 Å². The van der Waals surface area contributed by atoms with Crippen LogP contribution in [0.5, 0.6) is 0 Å². The summed E-state index contributed by atoms with van der Waals surface area (Å²) < 4.78 is 32.8. The number of methoxy groups -OCH3 is 1. The second-order valence-electron chi connectivity index (χ2n) is 4.22. The fraction of sp³-hybridized carbons (Fsp3) is 0.636. The van der Waals surface area contributed by atoms with Crippen molar-refractivity contribution in [1.82, 2.24) is 9.62 Å². The fourth-order valence-electron chi connectivity index (χ4n) is 1.37. The normalized spacial score (nSPS) is 12.3. The lowest BCUT2D eigenvalue weighted by molar-refractivity contribution is 0.162. The molecular weight excluding hydrogens is 352 g/mol. The van der Waals surface area contributed by atoms with Crippen LogP contribution in [0, 0.1) is 6.92 Å². The van der Waals surface area contributed by atoms with E-state index >= 15 is 0 Å². The van der Waals surface area contributed by atoms with E-state index in [-0.39, 0.29) is 0 Å². The van der Waals surface area contributed by atoms with Gasteiger partial charge in [-0.15, -0.1) is 11.3 Å². The van der Waals surface area contributed by atoms with Crippen molar-refractivity contribution < 1.29 is 13.2 Å². The molecule has 1 N–H and O–H groups in total. The van der Waals surface area contributed by atoms with Crippen molar-refractivity contribution in [3.8, 4) is 0 Å². The zero-order chi connectivity index (χ0) is 14.5. The summed E-state index contributed by atoms with van der Waals surface area (Å²) in [6.45, 7) is 4.32. The smallest absolute Gasteiger partial charge is 0.250 e. The first-order chi connectivity index (χ1) is 8.86. The van der Waals surface area contributed by atoms with Gasteiger partial charge in [0.1, 0.15) is 4.21 Å². The highest BCUT2D eigenvalue weighted by Crippen LogP contribution is 2.30. The van der Waals surface area contributed by atoms with Crippen molar-refractivity contribution in [2.75, 3.05) is 40.4 Å². The molecule has 0 aromatic carbocycles. The molecule has 0 aliphatic heterocycles. The maximum absolute atomic E-state index is 12.0. The zero-order valence-electron chi connectivity index (χ0n) is 11.3. The Hall–Kier alpha value is 0.01000. The first-order valence-electron chi connectivity index (χ1n) is 5.80. The molecule has 1 rings (SSSR count). The molecule has 1 heterocycles. The largest absolute Gasteiger partial charge is 0.383 e. The highest BCUT2D eigenvalue weighted by atomic mass is 79.9. The Morgan fingerprint density at radius 3 is 2.68 bits per heavy atom. The maximum atomic E-state index is 12.0. The molecule has 0 amide bonds. The third kappa shape index (κ3) is 5.49. The number of sulfonamides is 1. The van der Waals surface area contributed by atoms with Gasteiger partial charge in [0.2, 0.25) is 10.0 Å². The number of thiophene rings is 1. The van der Waals surface area contributed by atoms with E-state index in [1.54, 1.807) is 13.2 Å². The molecule has 19 heavy (non-hydrogen) atoms. The zero-order valence-corrected chi connectivity index (χ0v) is 14.5. The van der Waals surface area contributed by atoms with Crippen LogP contribution in [0.1, 0.15) is 5.56 Å². The molecule has 0 saturated carbocycles. The van der Waals surface area contributed by atoms with Crippen molar-refractivity contribution in [1.29, 1.82) is 0 Å². The van der Waals surface area contributed by atoms with Crippen molar-refractivity contribution in [3.63, 3.8) is 0 Å². The summed E-state index contributed by atoms with van der Waals surface area (Å²) in [5.74, 6) is 0. The Morgan fingerprint density at radius 1 is 1.47 bits per heavy atom. The highest BCUT2D eigenvalue weighted by Gasteiger charge is 2.17. The molecule has 1 aromatic rings. The average Bonchev–Trinajstić information content (AvgIpc) is 2.67. The van der Waals surface area contributed by atoms with E-state index in [4.69, 9.17) is 4.74 Å². The molecule has 0 aliphatic rings. The summed E-state index contributed by atoms with van der Waals surface area (Å²) in [4.78, 5) is 2.02. The first-order valence-corrected chi connectivity index (χ1v) is 8.89. The Labute approximate surface area is 127 Å². The van der Waals surface area contributed by atoms with Crippen LogP contribution in [-0.2, 0) is 14.8 Å². The van der Waals surface area contributed by atoms with Gasteiger partial charge >= 0.3 is 0 Å². The number of halogens is 1. The summed E-state index contributed by atoms with van der Waals surface area (Å²) in [5, 5.41) is 0. The summed E-state index contributed by atoms with van der Waals surface area (Å²) in [5.41, 5.74) is 0.933. The SMILES string of the molecule is COCCN(C)CCNS(=O)(=O)c1cc(C)c(Br)s1. The Bertz CT molecular complexity index is 483. The van der Waals surface area contributed by atoms with Gasteiger partial charge in [-0.2, -0.15) is 0 Å². The molecule has 8 heteroatoms. The minimum absolute atomic E-state index is 0.344. The summed E-state index contributed by atoms with van der Waals surface area (Å²) in [6.07, 6.45) is 0. The quantitative estimate of drug-likeness (QED) is 0.756. The molecule has 0 spiro atoms. The number of rotatable bonds is 8. The average molecular weight is 371 g/mol. The molecule has 0 bridgehead atoms. The van der Waals surface area contributed by atoms with Crippen LogP contribution < -0.4 is 4.72 Å². The Kier molecular flexibility index (Phi) is 6.92. The molecule has 1 aromatic heterocycles. The molecule has 0 saturated heterocycles. The minimum Gasteiger partial charge on any atom is -0.383 e. The summed E-state index contributed by atoms with van der Waals surface area (Å²) in [7, 11) is 0.179. The lowest BCUT2D eigenvalue weighted by Crippen LogP contribution is -2.34. The number of aryl methyl sites for hydroxylation is 1.